The topological polar surface area (TPSA) is 76.2 Å². The Morgan fingerprint density at radius 1 is 1.14 bits per heavy atom. The minimum absolute atomic E-state index is 0.0438. The van der Waals surface area contributed by atoms with Gasteiger partial charge in [0.15, 0.2) is 0 Å². The number of benzene rings is 2. The first-order valence-electron chi connectivity index (χ1n) is 12.9. The van der Waals surface area contributed by atoms with Gasteiger partial charge in [0.2, 0.25) is 5.91 Å². The van der Waals surface area contributed by atoms with E-state index in [4.69, 9.17) is 0 Å². The van der Waals surface area contributed by atoms with Crippen molar-refractivity contribution in [2.45, 2.75) is 51.4 Å². The monoisotopic (exact) mass is 511 g/mol. The van der Waals surface area contributed by atoms with E-state index in [0.717, 1.165) is 44.1 Å². The molecule has 1 saturated heterocycles. The van der Waals surface area contributed by atoms with Crippen molar-refractivity contribution in [3.63, 3.8) is 0 Å². The summed E-state index contributed by atoms with van der Waals surface area (Å²) in [6.07, 6.45) is 4.47. The van der Waals surface area contributed by atoms with Gasteiger partial charge in [-0.1, -0.05) is 68.7 Å². The molecule has 1 N–H and O–H groups in total. The summed E-state index contributed by atoms with van der Waals surface area (Å²) in [5, 5.41) is 6.01. The van der Waals surface area contributed by atoms with Gasteiger partial charge in [-0.25, -0.2) is 19.2 Å². The predicted octanol–water partition coefficient (Wildman–Crippen LogP) is 3.80. The summed E-state index contributed by atoms with van der Waals surface area (Å²) < 4.78 is 13.3. The maximum Gasteiger partial charge on any atom is 0.334 e. The van der Waals surface area contributed by atoms with Crippen LogP contribution >= 0.6 is 0 Å². The molecule has 1 unspecified atom stereocenters. The van der Waals surface area contributed by atoms with E-state index in [1.165, 1.54) is 22.0 Å². The van der Waals surface area contributed by atoms with Crippen LogP contribution < -0.4 is 5.32 Å². The highest BCUT2D eigenvalue weighted by Gasteiger charge is 2.44. The zero-order valence-corrected chi connectivity index (χ0v) is 22.0. The van der Waals surface area contributed by atoms with E-state index in [1.54, 1.807) is 24.2 Å². The second-order valence-electron chi connectivity index (χ2n) is 9.54. The number of aldehydes is 1. The summed E-state index contributed by atoms with van der Waals surface area (Å²) in [4.78, 5) is 42.8. The molecule has 0 radical (unpaired) electrons. The van der Waals surface area contributed by atoms with Gasteiger partial charge in [-0.15, -0.1) is 0 Å². The summed E-state index contributed by atoms with van der Waals surface area (Å²) in [6.45, 7) is 3.51. The van der Waals surface area contributed by atoms with Crippen LogP contribution in [0.15, 0.2) is 54.6 Å². The minimum Gasteiger partial charge on any atom is -0.333 e. The maximum atomic E-state index is 13.5. The highest BCUT2D eigenvalue weighted by atomic mass is 19.1. The van der Waals surface area contributed by atoms with Crippen molar-refractivity contribution in [3.05, 3.63) is 71.5 Å². The Hall–Kier alpha value is -3.30. The number of amides is 3. The van der Waals surface area contributed by atoms with Gasteiger partial charge in [0, 0.05) is 20.1 Å². The number of rotatable bonds is 12. The number of carbonyl (C=O) groups excluding carboxylic acids is 3. The van der Waals surface area contributed by atoms with Gasteiger partial charge in [-0.05, 0) is 43.3 Å². The SMILES string of the molecule is CCCCCCN(C)CC1N([C@H](C=O)c2ccccc2)C(=O)CN(C)N1C(=O)NCc1ccc(F)cc1. The van der Waals surface area contributed by atoms with Crippen molar-refractivity contribution in [1.29, 1.82) is 0 Å². The summed E-state index contributed by atoms with van der Waals surface area (Å²) >= 11 is 0. The molecule has 0 aliphatic carbocycles. The number of nitrogens with zero attached hydrogens (tertiary/aromatic N) is 4. The van der Waals surface area contributed by atoms with Crippen molar-refractivity contribution in [1.82, 2.24) is 25.1 Å². The van der Waals surface area contributed by atoms with Crippen LogP contribution in [0.1, 0.15) is 49.8 Å². The van der Waals surface area contributed by atoms with E-state index >= 15 is 0 Å². The van der Waals surface area contributed by atoms with Crippen LogP contribution in [0.4, 0.5) is 9.18 Å². The summed E-state index contributed by atoms with van der Waals surface area (Å²) in [5.41, 5.74) is 1.44. The smallest absolute Gasteiger partial charge is 0.333 e. The number of unbranched alkanes of at least 4 members (excludes halogenated alkanes) is 3. The van der Waals surface area contributed by atoms with E-state index in [-0.39, 0.29) is 24.8 Å². The lowest BCUT2D eigenvalue weighted by Gasteiger charge is -2.50. The zero-order chi connectivity index (χ0) is 26.8. The number of urea groups is 1. The molecule has 8 nitrogen and oxygen atoms in total. The molecular weight excluding hydrogens is 473 g/mol. The van der Waals surface area contributed by atoms with Gasteiger partial charge in [0.05, 0.1) is 6.54 Å². The number of likely N-dealkylation sites (N-methyl/N-ethyl adjacent to an activating group) is 2. The highest BCUT2D eigenvalue weighted by molar-refractivity contribution is 5.85. The average molecular weight is 512 g/mol. The molecule has 3 rings (SSSR count). The van der Waals surface area contributed by atoms with Gasteiger partial charge in [0.25, 0.3) is 0 Å². The first-order valence-corrected chi connectivity index (χ1v) is 12.9. The molecule has 1 heterocycles. The average Bonchev–Trinajstić information content (AvgIpc) is 2.89. The van der Waals surface area contributed by atoms with Crippen molar-refractivity contribution < 1.29 is 18.8 Å². The van der Waals surface area contributed by atoms with Crippen LogP contribution in [0.25, 0.3) is 0 Å². The molecule has 1 aliphatic rings. The fourth-order valence-corrected chi connectivity index (χ4v) is 4.66. The van der Waals surface area contributed by atoms with Gasteiger partial charge in [0.1, 0.15) is 24.3 Å². The first kappa shape index (κ1) is 28.3. The maximum absolute atomic E-state index is 13.5. The molecule has 3 amide bonds. The third kappa shape index (κ3) is 7.60. The van der Waals surface area contributed by atoms with Crippen LogP contribution in [0.3, 0.4) is 0 Å². The highest BCUT2D eigenvalue weighted by Crippen LogP contribution is 2.28. The summed E-state index contributed by atoms with van der Waals surface area (Å²) in [6, 6.07) is 13.8. The van der Waals surface area contributed by atoms with Crippen LogP contribution in [0.5, 0.6) is 0 Å². The predicted molar refractivity (Wildman–Crippen MR) is 141 cm³/mol. The Morgan fingerprint density at radius 2 is 1.84 bits per heavy atom. The van der Waals surface area contributed by atoms with Gasteiger partial charge >= 0.3 is 6.03 Å². The van der Waals surface area contributed by atoms with Crippen LogP contribution in [-0.4, -0.2) is 77.9 Å². The van der Waals surface area contributed by atoms with Gasteiger partial charge < -0.3 is 19.9 Å². The Kier molecular flexibility index (Phi) is 10.6. The van der Waals surface area contributed by atoms with E-state index in [0.29, 0.717) is 12.1 Å². The number of hydrogen-bond donors (Lipinski definition) is 1. The van der Waals surface area contributed by atoms with Gasteiger partial charge in [-0.3, -0.25) is 4.79 Å². The second kappa shape index (κ2) is 13.9. The molecular formula is C28H38FN5O3. The Morgan fingerprint density at radius 3 is 2.49 bits per heavy atom. The molecule has 0 aromatic heterocycles. The molecule has 2 aromatic rings. The lowest BCUT2D eigenvalue weighted by Crippen LogP contribution is -2.70. The molecule has 0 spiro atoms. The quantitative estimate of drug-likeness (QED) is 0.347. The summed E-state index contributed by atoms with van der Waals surface area (Å²) in [5.74, 6) is -0.571. The molecule has 9 heteroatoms. The Balaban J connectivity index is 1.87. The van der Waals surface area contributed by atoms with Gasteiger partial charge in [-0.2, -0.15) is 0 Å². The first-order chi connectivity index (χ1) is 17.8. The molecule has 200 valence electrons. The van der Waals surface area contributed by atoms with E-state index in [9.17, 15) is 18.8 Å². The number of hydrazine groups is 1. The van der Waals surface area contributed by atoms with Crippen LogP contribution in [-0.2, 0) is 16.1 Å². The van der Waals surface area contributed by atoms with Crippen molar-refractivity contribution in [2.75, 3.05) is 33.7 Å². The second-order valence-corrected chi connectivity index (χ2v) is 9.54. The van der Waals surface area contributed by atoms with Crippen LogP contribution in [0.2, 0.25) is 0 Å². The third-order valence-electron chi connectivity index (χ3n) is 6.63. The fourth-order valence-electron chi connectivity index (χ4n) is 4.66. The Bertz CT molecular complexity index is 1020. The normalized spacial score (nSPS) is 17.2. The standard InChI is InChI=1S/C28H38FN5O3/c1-4-5-6-10-17-31(2)19-26-33(25(21-35)23-11-8-7-9-12-23)27(36)20-32(3)34(26)28(37)30-18-22-13-15-24(29)16-14-22/h7-9,11-16,21,25-26H,4-6,10,17-20H2,1-3H3,(H,30,37)/t25-,26?/m1/s1. The molecule has 0 bridgehead atoms. The summed E-state index contributed by atoms with van der Waals surface area (Å²) in [7, 11) is 3.66. The number of halogens is 1. The number of carbonyl (C=O) groups is 3. The van der Waals surface area contributed by atoms with Crippen LogP contribution in [0, 0.1) is 5.82 Å². The Labute approximate surface area is 219 Å². The van der Waals surface area contributed by atoms with E-state index < -0.39 is 18.2 Å². The molecule has 0 saturated carbocycles. The van der Waals surface area contributed by atoms with Crippen molar-refractivity contribution in [2.24, 2.45) is 0 Å². The van der Waals surface area contributed by atoms with E-state index in [2.05, 4.69) is 17.1 Å². The molecule has 1 aliphatic heterocycles. The number of nitrogens with one attached hydrogen (secondary N) is 1. The lowest BCUT2D eigenvalue weighted by molar-refractivity contribution is -0.171. The molecule has 37 heavy (non-hydrogen) atoms. The van der Waals surface area contributed by atoms with E-state index in [1.807, 2.05) is 37.4 Å². The fraction of sp³-hybridized carbons (Fsp3) is 0.464. The molecule has 2 atom stereocenters. The largest absolute Gasteiger partial charge is 0.334 e. The molecule has 2 aromatic carbocycles. The number of hydrogen-bond acceptors (Lipinski definition) is 5. The lowest BCUT2D eigenvalue weighted by atomic mass is 10.0. The molecule has 1 fully saturated rings. The minimum atomic E-state index is -0.826. The van der Waals surface area contributed by atoms with Crippen molar-refractivity contribution >= 4 is 18.2 Å². The zero-order valence-electron chi connectivity index (χ0n) is 22.0. The van der Waals surface area contributed by atoms with Crippen molar-refractivity contribution in [3.8, 4) is 0 Å². The third-order valence-corrected chi connectivity index (χ3v) is 6.63.